The highest BCUT2D eigenvalue weighted by molar-refractivity contribution is 5.54. The van der Waals surface area contributed by atoms with Crippen molar-refractivity contribution in [2.24, 2.45) is 0 Å². The van der Waals surface area contributed by atoms with Crippen LogP contribution in [0.5, 0.6) is 5.75 Å². The van der Waals surface area contributed by atoms with Crippen molar-refractivity contribution in [3.8, 4) is 17.1 Å². The average molecular weight is 251 g/mol. The molecule has 0 radical (unpaired) electrons. The summed E-state index contributed by atoms with van der Waals surface area (Å²) >= 11 is 0. The fourth-order valence-electron chi connectivity index (χ4n) is 2.03. The van der Waals surface area contributed by atoms with Gasteiger partial charge in [0.15, 0.2) is 0 Å². The molecule has 94 valence electrons. The van der Waals surface area contributed by atoms with E-state index >= 15 is 0 Å². The van der Waals surface area contributed by atoms with Gasteiger partial charge >= 0.3 is 0 Å². The molecule has 0 unspecified atom stereocenters. The number of aromatic nitrogens is 3. The standard InChI is InChI=1S/C15H13N3O/c19-14-4-2-1-3-13(14)11-18-10-9-17-15(18)12-5-7-16-8-6-12/h1-10,19H,11H2. The van der Waals surface area contributed by atoms with Gasteiger partial charge in [-0.25, -0.2) is 4.98 Å². The minimum absolute atomic E-state index is 0.303. The van der Waals surface area contributed by atoms with Gasteiger partial charge < -0.3 is 9.67 Å². The van der Waals surface area contributed by atoms with Crippen LogP contribution in [0, 0.1) is 0 Å². The molecule has 0 bridgehead atoms. The summed E-state index contributed by atoms with van der Waals surface area (Å²) in [7, 11) is 0. The Balaban J connectivity index is 1.96. The lowest BCUT2D eigenvalue weighted by molar-refractivity contribution is 0.466. The number of hydrogen-bond donors (Lipinski definition) is 1. The molecule has 0 aliphatic heterocycles. The van der Waals surface area contributed by atoms with Gasteiger partial charge in [-0.15, -0.1) is 0 Å². The summed E-state index contributed by atoms with van der Waals surface area (Å²) in [5, 5.41) is 9.83. The molecule has 3 aromatic rings. The number of nitrogens with zero attached hydrogens (tertiary/aromatic N) is 3. The van der Waals surface area contributed by atoms with Crippen LogP contribution in [0.1, 0.15) is 5.56 Å². The van der Waals surface area contributed by atoms with E-state index in [0.717, 1.165) is 17.0 Å². The Kier molecular flexibility index (Phi) is 2.98. The molecule has 4 heteroatoms. The Hall–Kier alpha value is -2.62. The van der Waals surface area contributed by atoms with E-state index in [1.807, 2.05) is 41.1 Å². The maximum Gasteiger partial charge on any atom is 0.140 e. The number of benzene rings is 1. The zero-order chi connectivity index (χ0) is 13.1. The van der Waals surface area contributed by atoms with Gasteiger partial charge in [0, 0.05) is 35.9 Å². The van der Waals surface area contributed by atoms with Crippen molar-refractivity contribution in [2.75, 3.05) is 0 Å². The van der Waals surface area contributed by atoms with Crippen molar-refractivity contribution in [2.45, 2.75) is 6.54 Å². The lowest BCUT2D eigenvalue weighted by Crippen LogP contribution is -2.01. The maximum atomic E-state index is 9.83. The van der Waals surface area contributed by atoms with E-state index in [9.17, 15) is 5.11 Å². The first-order valence-corrected chi connectivity index (χ1v) is 6.03. The fourth-order valence-corrected chi connectivity index (χ4v) is 2.03. The third kappa shape index (κ3) is 2.33. The summed E-state index contributed by atoms with van der Waals surface area (Å²) in [6, 6.07) is 11.2. The van der Waals surface area contributed by atoms with Crippen LogP contribution in [0.4, 0.5) is 0 Å². The smallest absolute Gasteiger partial charge is 0.140 e. The number of rotatable bonds is 3. The van der Waals surface area contributed by atoms with Gasteiger partial charge in [-0.2, -0.15) is 0 Å². The minimum atomic E-state index is 0.303. The Morgan fingerprint density at radius 2 is 1.79 bits per heavy atom. The monoisotopic (exact) mass is 251 g/mol. The molecule has 3 rings (SSSR count). The molecule has 0 fully saturated rings. The fraction of sp³-hybridized carbons (Fsp3) is 0.0667. The highest BCUT2D eigenvalue weighted by Gasteiger charge is 2.07. The summed E-state index contributed by atoms with van der Waals surface area (Å²) in [5.74, 6) is 1.17. The van der Waals surface area contributed by atoms with E-state index in [1.165, 1.54) is 0 Å². The number of hydrogen-bond acceptors (Lipinski definition) is 3. The zero-order valence-corrected chi connectivity index (χ0v) is 10.3. The Morgan fingerprint density at radius 3 is 2.58 bits per heavy atom. The van der Waals surface area contributed by atoms with Gasteiger partial charge in [-0.05, 0) is 18.2 Å². The van der Waals surface area contributed by atoms with Crippen molar-refractivity contribution in [3.05, 3.63) is 66.7 Å². The van der Waals surface area contributed by atoms with Crippen LogP contribution >= 0.6 is 0 Å². The van der Waals surface area contributed by atoms with E-state index in [0.29, 0.717) is 12.3 Å². The highest BCUT2D eigenvalue weighted by atomic mass is 16.3. The predicted molar refractivity (Wildman–Crippen MR) is 72.7 cm³/mol. The molecule has 0 amide bonds. The van der Waals surface area contributed by atoms with E-state index in [1.54, 1.807) is 24.7 Å². The molecular formula is C15H13N3O. The summed E-state index contributed by atoms with van der Waals surface area (Å²) in [4.78, 5) is 8.37. The molecule has 0 aliphatic rings. The third-order valence-corrected chi connectivity index (χ3v) is 2.99. The topological polar surface area (TPSA) is 50.9 Å². The molecule has 0 aliphatic carbocycles. The maximum absolute atomic E-state index is 9.83. The van der Waals surface area contributed by atoms with Gasteiger partial charge in [-0.3, -0.25) is 4.98 Å². The van der Waals surface area contributed by atoms with Crippen LogP contribution < -0.4 is 0 Å². The van der Waals surface area contributed by atoms with Gasteiger partial charge in [0.2, 0.25) is 0 Å². The van der Waals surface area contributed by atoms with Crippen LogP contribution in [-0.2, 0) is 6.54 Å². The largest absolute Gasteiger partial charge is 0.508 e. The summed E-state index contributed by atoms with van der Waals surface area (Å²) in [5.41, 5.74) is 1.88. The van der Waals surface area contributed by atoms with Crippen molar-refractivity contribution >= 4 is 0 Å². The van der Waals surface area contributed by atoms with Gasteiger partial charge in [0.25, 0.3) is 0 Å². The lowest BCUT2D eigenvalue weighted by atomic mass is 10.2. The van der Waals surface area contributed by atoms with E-state index in [4.69, 9.17) is 0 Å². The van der Waals surface area contributed by atoms with Crippen LogP contribution in [0.3, 0.4) is 0 Å². The molecule has 0 atom stereocenters. The second-order valence-electron chi connectivity index (χ2n) is 4.24. The second-order valence-corrected chi connectivity index (χ2v) is 4.24. The predicted octanol–water partition coefficient (Wildman–Crippen LogP) is 2.70. The minimum Gasteiger partial charge on any atom is -0.508 e. The molecule has 0 saturated carbocycles. The first-order chi connectivity index (χ1) is 9.34. The molecule has 1 N–H and O–H groups in total. The van der Waals surface area contributed by atoms with E-state index in [2.05, 4.69) is 9.97 Å². The Morgan fingerprint density at radius 1 is 1.00 bits per heavy atom. The van der Waals surface area contributed by atoms with Crippen LogP contribution in [0.2, 0.25) is 0 Å². The van der Waals surface area contributed by atoms with Crippen molar-refractivity contribution < 1.29 is 5.11 Å². The quantitative estimate of drug-likeness (QED) is 0.778. The van der Waals surface area contributed by atoms with Crippen LogP contribution in [0.15, 0.2) is 61.2 Å². The molecule has 0 spiro atoms. The first kappa shape index (κ1) is 11.5. The molecule has 4 nitrogen and oxygen atoms in total. The van der Waals surface area contributed by atoms with Crippen LogP contribution in [0.25, 0.3) is 11.4 Å². The summed E-state index contributed by atoms with van der Waals surface area (Å²) < 4.78 is 2.00. The average Bonchev–Trinajstić information content (AvgIpc) is 2.91. The normalized spacial score (nSPS) is 10.5. The van der Waals surface area contributed by atoms with Gasteiger partial charge in [0.1, 0.15) is 11.6 Å². The van der Waals surface area contributed by atoms with Crippen LogP contribution in [-0.4, -0.2) is 19.6 Å². The number of phenolic OH excluding ortho intramolecular Hbond substituents is 1. The number of pyridine rings is 1. The molecule has 0 saturated heterocycles. The number of phenols is 1. The number of para-hydroxylation sites is 1. The van der Waals surface area contributed by atoms with E-state index < -0.39 is 0 Å². The van der Waals surface area contributed by atoms with Crippen molar-refractivity contribution in [1.82, 2.24) is 14.5 Å². The molecule has 19 heavy (non-hydrogen) atoms. The molecule has 2 heterocycles. The first-order valence-electron chi connectivity index (χ1n) is 6.03. The Bertz CT molecular complexity index is 677. The summed E-state index contributed by atoms with van der Waals surface area (Å²) in [6.45, 7) is 0.588. The summed E-state index contributed by atoms with van der Waals surface area (Å²) in [6.07, 6.45) is 7.15. The SMILES string of the molecule is Oc1ccccc1Cn1ccnc1-c1ccncc1. The van der Waals surface area contributed by atoms with Gasteiger partial charge in [-0.1, -0.05) is 18.2 Å². The lowest BCUT2D eigenvalue weighted by Gasteiger charge is -2.09. The highest BCUT2D eigenvalue weighted by Crippen LogP contribution is 2.21. The number of aromatic hydroxyl groups is 1. The zero-order valence-electron chi connectivity index (χ0n) is 10.3. The Labute approximate surface area is 111 Å². The molecule has 1 aromatic carbocycles. The molecular weight excluding hydrogens is 238 g/mol. The number of imidazole rings is 1. The molecule has 2 aromatic heterocycles. The second kappa shape index (κ2) is 4.94. The van der Waals surface area contributed by atoms with Crippen molar-refractivity contribution in [3.63, 3.8) is 0 Å². The third-order valence-electron chi connectivity index (χ3n) is 2.99. The van der Waals surface area contributed by atoms with E-state index in [-0.39, 0.29) is 0 Å². The van der Waals surface area contributed by atoms with Gasteiger partial charge in [0.05, 0.1) is 6.54 Å². The van der Waals surface area contributed by atoms with Crippen molar-refractivity contribution in [1.29, 1.82) is 0 Å².